The van der Waals surface area contributed by atoms with Crippen LogP contribution in [0.2, 0.25) is 14.5 Å². The minimum atomic E-state index is -1.08. The first-order valence-electron chi connectivity index (χ1n) is 5.04. The van der Waals surface area contributed by atoms with Crippen LogP contribution in [0.4, 0.5) is 5.69 Å². The van der Waals surface area contributed by atoms with E-state index in [0.29, 0.717) is 16.7 Å². The third-order valence-corrected chi connectivity index (χ3v) is 4.11. The second-order valence-corrected chi connectivity index (χ2v) is 6.06. The molecule has 100 valence electrons. The first-order valence-corrected chi connectivity index (χ1v) is 6.99. The van der Waals surface area contributed by atoms with E-state index >= 15 is 0 Å². The van der Waals surface area contributed by atoms with E-state index in [0.717, 1.165) is 4.88 Å². The van der Waals surface area contributed by atoms with Gasteiger partial charge in [-0.25, -0.2) is 9.78 Å². The molecule has 0 amide bonds. The van der Waals surface area contributed by atoms with Gasteiger partial charge in [-0.2, -0.15) is 0 Å². The Morgan fingerprint density at radius 2 is 2.00 bits per heavy atom. The number of hydrogen-bond acceptors (Lipinski definition) is 4. The quantitative estimate of drug-likeness (QED) is 0.867. The van der Waals surface area contributed by atoms with Crippen LogP contribution in [0.5, 0.6) is 0 Å². The molecule has 0 saturated carbocycles. The smallest absolute Gasteiger partial charge is 0.337 e. The van der Waals surface area contributed by atoms with E-state index in [-0.39, 0.29) is 15.6 Å². The molecule has 0 atom stereocenters. The van der Waals surface area contributed by atoms with Crippen LogP contribution in [0.3, 0.4) is 0 Å². The summed E-state index contributed by atoms with van der Waals surface area (Å²) < 4.78 is 0.435. The highest BCUT2D eigenvalue weighted by Crippen LogP contribution is 2.30. The topological polar surface area (TPSA) is 62.2 Å². The zero-order valence-electron chi connectivity index (χ0n) is 9.28. The van der Waals surface area contributed by atoms with Crippen molar-refractivity contribution < 1.29 is 9.90 Å². The van der Waals surface area contributed by atoms with Gasteiger partial charge in [0, 0.05) is 11.1 Å². The fourth-order valence-electron chi connectivity index (χ4n) is 1.42. The van der Waals surface area contributed by atoms with Crippen molar-refractivity contribution >= 4 is 57.8 Å². The Labute approximate surface area is 127 Å². The summed E-state index contributed by atoms with van der Waals surface area (Å²) in [5.41, 5.74) is 0.455. The molecule has 0 spiro atoms. The van der Waals surface area contributed by atoms with E-state index in [1.54, 1.807) is 6.20 Å². The number of aromatic carboxylic acids is 1. The van der Waals surface area contributed by atoms with E-state index in [4.69, 9.17) is 39.9 Å². The SMILES string of the molecule is O=C(O)c1cc(Cl)c(Cl)cc1NCc1cnc(Cl)s1. The van der Waals surface area contributed by atoms with E-state index in [2.05, 4.69) is 10.3 Å². The van der Waals surface area contributed by atoms with Crippen molar-refractivity contribution in [2.75, 3.05) is 5.32 Å². The molecule has 0 aliphatic heterocycles. The molecule has 0 radical (unpaired) electrons. The van der Waals surface area contributed by atoms with Crippen LogP contribution in [0, 0.1) is 0 Å². The van der Waals surface area contributed by atoms with Crippen LogP contribution in [0.1, 0.15) is 15.2 Å². The molecule has 0 saturated heterocycles. The van der Waals surface area contributed by atoms with Gasteiger partial charge in [-0.15, -0.1) is 11.3 Å². The Kier molecular flexibility index (Phi) is 4.52. The molecule has 1 aromatic carbocycles. The zero-order valence-corrected chi connectivity index (χ0v) is 12.4. The first kappa shape index (κ1) is 14.4. The minimum absolute atomic E-state index is 0.0602. The lowest BCUT2D eigenvalue weighted by Gasteiger charge is -2.10. The lowest BCUT2D eigenvalue weighted by atomic mass is 10.2. The maximum absolute atomic E-state index is 11.1. The number of nitrogens with one attached hydrogen (secondary N) is 1. The van der Waals surface area contributed by atoms with Crippen LogP contribution in [0.15, 0.2) is 18.3 Å². The van der Waals surface area contributed by atoms with Gasteiger partial charge in [0.25, 0.3) is 0 Å². The van der Waals surface area contributed by atoms with Crippen LogP contribution >= 0.6 is 46.1 Å². The molecule has 8 heteroatoms. The fourth-order valence-corrected chi connectivity index (χ4v) is 2.66. The van der Waals surface area contributed by atoms with Crippen LogP contribution in [-0.2, 0) is 6.54 Å². The molecule has 2 N–H and O–H groups in total. The molecule has 0 unspecified atom stereocenters. The van der Waals surface area contributed by atoms with Crippen LogP contribution in [0.25, 0.3) is 0 Å². The average Bonchev–Trinajstić information content (AvgIpc) is 2.76. The van der Waals surface area contributed by atoms with E-state index in [1.807, 2.05) is 0 Å². The predicted octanol–water partition coefficient (Wildman–Crippen LogP) is 4.41. The van der Waals surface area contributed by atoms with Crippen molar-refractivity contribution in [2.24, 2.45) is 0 Å². The van der Waals surface area contributed by atoms with Gasteiger partial charge in [0.1, 0.15) is 0 Å². The van der Waals surface area contributed by atoms with Crippen LogP contribution in [-0.4, -0.2) is 16.1 Å². The highest BCUT2D eigenvalue weighted by molar-refractivity contribution is 7.15. The summed E-state index contributed by atoms with van der Waals surface area (Å²) in [5.74, 6) is -1.08. The monoisotopic (exact) mass is 336 g/mol. The van der Waals surface area contributed by atoms with Gasteiger partial charge < -0.3 is 10.4 Å². The first-order chi connectivity index (χ1) is 8.97. The standard InChI is InChI=1S/C11H7Cl3N2O2S/c12-7-1-6(10(17)18)9(2-8(7)13)15-3-5-4-16-11(14)19-5/h1-2,4,15H,3H2,(H,17,18). The largest absolute Gasteiger partial charge is 0.478 e. The van der Waals surface area contributed by atoms with Gasteiger partial charge in [0.05, 0.1) is 27.8 Å². The summed E-state index contributed by atoms with van der Waals surface area (Å²) in [6.07, 6.45) is 1.62. The van der Waals surface area contributed by atoms with Gasteiger partial charge >= 0.3 is 5.97 Å². The molecular weight excluding hydrogens is 331 g/mol. The van der Waals surface area contributed by atoms with Gasteiger partial charge in [-0.05, 0) is 12.1 Å². The lowest BCUT2D eigenvalue weighted by Crippen LogP contribution is -2.06. The Hall–Kier alpha value is -1.01. The van der Waals surface area contributed by atoms with Crippen molar-refractivity contribution in [3.05, 3.63) is 43.3 Å². The van der Waals surface area contributed by atoms with Crippen molar-refractivity contribution in [1.29, 1.82) is 0 Å². The number of nitrogens with zero attached hydrogens (tertiary/aromatic N) is 1. The van der Waals surface area contributed by atoms with Gasteiger partial charge in [0.2, 0.25) is 0 Å². The maximum atomic E-state index is 11.1. The summed E-state index contributed by atoms with van der Waals surface area (Å²) in [6, 6.07) is 2.80. The molecule has 0 aliphatic carbocycles. The second-order valence-electron chi connectivity index (χ2n) is 3.55. The number of benzene rings is 1. The minimum Gasteiger partial charge on any atom is -0.478 e. The Morgan fingerprint density at radius 3 is 2.58 bits per heavy atom. The summed E-state index contributed by atoms with van der Waals surface area (Å²) in [4.78, 5) is 15.9. The molecular formula is C11H7Cl3N2O2S. The summed E-state index contributed by atoms with van der Waals surface area (Å²) in [6.45, 7) is 0.405. The molecule has 4 nitrogen and oxygen atoms in total. The Bertz CT molecular complexity index is 630. The lowest BCUT2D eigenvalue weighted by molar-refractivity contribution is 0.0698. The number of carboxylic acid groups (broad SMARTS) is 1. The number of carbonyl (C=O) groups is 1. The molecule has 2 rings (SSSR count). The number of rotatable bonds is 4. The predicted molar refractivity (Wildman–Crippen MR) is 77.9 cm³/mol. The molecule has 0 fully saturated rings. The van der Waals surface area contributed by atoms with Gasteiger partial charge in [-0.1, -0.05) is 34.8 Å². The van der Waals surface area contributed by atoms with E-state index < -0.39 is 5.97 Å². The number of carboxylic acids is 1. The summed E-state index contributed by atoms with van der Waals surface area (Å²) >= 11 is 18.7. The average molecular weight is 338 g/mol. The number of aromatic nitrogens is 1. The second kappa shape index (κ2) is 5.96. The third-order valence-electron chi connectivity index (χ3n) is 2.27. The Balaban J connectivity index is 2.23. The third kappa shape index (κ3) is 3.51. The summed E-state index contributed by atoms with van der Waals surface area (Å²) in [7, 11) is 0. The number of thiazole rings is 1. The van der Waals surface area contributed by atoms with Crippen molar-refractivity contribution in [1.82, 2.24) is 4.98 Å². The fraction of sp³-hybridized carbons (Fsp3) is 0.0909. The summed E-state index contributed by atoms with van der Waals surface area (Å²) in [5, 5.41) is 12.6. The number of halogens is 3. The van der Waals surface area contributed by atoms with E-state index in [1.165, 1.54) is 23.5 Å². The molecule has 1 heterocycles. The molecule has 2 aromatic rings. The molecule has 0 aliphatic rings. The molecule has 19 heavy (non-hydrogen) atoms. The highest BCUT2D eigenvalue weighted by atomic mass is 35.5. The Morgan fingerprint density at radius 1 is 1.32 bits per heavy atom. The number of anilines is 1. The normalized spacial score (nSPS) is 10.5. The van der Waals surface area contributed by atoms with Crippen molar-refractivity contribution in [3.8, 4) is 0 Å². The molecule has 1 aromatic heterocycles. The maximum Gasteiger partial charge on any atom is 0.337 e. The van der Waals surface area contributed by atoms with E-state index in [9.17, 15) is 4.79 Å². The van der Waals surface area contributed by atoms with Gasteiger partial charge in [-0.3, -0.25) is 0 Å². The van der Waals surface area contributed by atoms with Crippen LogP contribution < -0.4 is 5.32 Å². The van der Waals surface area contributed by atoms with Crippen molar-refractivity contribution in [3.63, 3.8) is 0 Å². The zero-order chi connectivity index (χ0) is 14.0. The van der Waals surface area contributed by atoms with Crippen molar-refractivity contribution in [2.45, 2.75) is 6.54 Å². The number of hydrogen-bond donors (Lipinski definition) is 2. The molecule has 0 bridgehead atoms. The van der Waals surface area contributed by atoms with Gasteiger partial charge in [0.15, 0.2) is 4.47 Å². The highest BCUT2D eigenvalue weighted by Gasteiger charge is 2.13.